The van der Waals surface area contributed by atoms with Crippen LogP contribution in [-0.4, -0.2) is 34.3 Å². The lowest BCUT2D eigenvalue weighted by atomic mass is 10.0. The van der Waals surface area contributed by atoms with E-state index in [-0.39, 0.29) is 11.9 Å². The van der Waals surface area contributed by atoms with Crippen LogP contribution >= 0.6 is 0 Å². The Kier molecular flexibility index (Phi) is 5.15. The van der Waals surface area contributed by atoms with Crippen LogP contribution in [-0.2, 0) is 11.2 Å². The van der Waals surface area contributed by atoms with Gasteiger partial charge in [-0.3, -0.25) is 0 Å². The second kappa shape index (κ2) is 8.23. The highest BCUT2D eigenvalue weighted by Crippen LogP contribution is 2.29. The van der Waals surface area contributed by atoms with Crippen LogP contribution in [0.2, 0.25) is 0 Å². The number of benzene rings is 1. The highest BCUT2D eigenvalue weighted by Gasteiger charge is 2.19. The largest absolute Gasteiger partial charge is 0.495 e. The van der Waals surface area contributed by atoms with Gasteiger partial charge in [0, 0.05) is 35.5 Å². The molecule has 30 heavy (non-hydrogen) atoms. The van der Waals surface area contributed by atoms with Crippen molar-refractivity contribution in [1.29, 1.82) is 0 Å². The second-order valence-electron chi connectivity index (χ2n) is 7.51. The number of rotatable bonds is 5. The number of hydrogen-bond donors (Lipinski definition) is 2. The average molecular weight is 407 g/mol. The molecule has 2 aromatic heterocycles. The van der Waals surface area contributed by atoms with Gasteiger partial charge in [-0.15, -0.1) is 0 Å². The Morgan fingerprint density at radius 2 is 2.07 bits per heavy atom. The van der Waals surface area contributed by atoms with E-state index in [9.17, 15) is 4.39 Å². The molecule has 2 aliphatic rings. The first-order chi connectivity index (χ1) is 14.7. The third kappa shape index (κ3) is 4.04. The van der Waals surface area contributed by atoms with Gasteiger partial charge in [0.1, 0.15) is 18.2 Å². The second-order valence-corrected chi connectivity index (χ2v) is 7.51. The molecule has 0 radical (unpaired) electrons. The number of anilines is 2. The van der Waals surface area contributed by atoms with Gasteiger partial charge < -0.3 is 19.9 Å². The standard InChI is InChI=1S/C22H22FN5O2/c23-20-4-2-16(9-19(20)15-12-26-29-13-15)27-22-25-11-14-1-3-18(10-21(14)28-22)30-17-5-7-24-8-6-17/h2,4,9-13,17,24H,1,3,5-8H2,(H,25,27,28). The van der Waals surface area contributed by atoms with Crippen LogP contribution in [0.1, 0.15) is 30.5 Å². The molecule has 1 aliphatic carbocycles. The first-order valence-electron chi connectivity index (χ1n) is 10.1. The van der Waals surface area contributed by atoms with E-state index in [1.54, 1.807) is 12.1 Å². The molecule has 5 rings (SSSR count). The van der Waals surface area contributed by atoms with E-state index in [0.29, 0.717) is 22.8 Å². The zero-order valence-corrected chi connectivity index (χ0v) is 16.4. The maximum absolute atomic E-state index is 14.2. The van der Waals surface area contributed by atoms with Crippen LogP contribution in [0.4, 0.5) is 16.0 Å². The Morgan fingerprint density at radius 1 is 1.17 bits per heavy atom. The van der Waals surface area contributed by atoms with Gasteiger partial charge >= 0.3 is 0 Å². The van der Waals surface area contributed by atoms with Crippen molar-refractivity contribution in [3.8, 4) is 11.1 Å². The molecule has 154 valence electrons. The molecule has 0 saturated carbocycles. The Bertz CT molecular complexity index is 1060. The molecular weight excluding hydrogens is 385 g/mol. The number of halogens is 1. The third-order valence-corrected chi connectivity index (χ3v) is 5.41. The summed E-state index contributed by atoms with van der Waals surface area (Å²) in [5.74, 6) is 1.09. The van der Waals surface area contributed by atoms with Gasteiger partial charge in [0.2, 0.25) is 5.95 Å². The third-order valence-electron chi connectivity index (χ3n) is 5.41. The van der Waals surface area contributed by atoms with Gasteiger partial charge in [-0.25, -0.2) is 14.4 Å². The maximum Gasteiger partial charge on any atom is 0.227 e. The first-order valence-corrected chi connectivity index (χ1v) is 10.1. The van der Waals surface area contributed by atoms with Gasteiger partial charge in [-0.05, 0) is 56.1 Å². The molecule has 1 aliphatic heterocycles. The number of aryl methyl sites for hydroxylation is 1. The lowest BCUT2D eigenvalue weighted by Gasteiger charge is -2.26. The molecule has 0 unspecified atom stereocenters. The highest BCUT2D eigenvalue weighted by atomic mass is 19.1. The Balaban J connectivity index is 1.35. The zero-order chi connectivity index (χ0) is 20.3. The molecule has 0 bridgehead atoms. The summed E-state index contributed by atoms with van der Waals surface area (Å²) < 4.78 is 25.2. The van der Waals surface area contributed by atoms with E-state index in [2.05, 4.69) is 25.8 Å². The van der Waals surface area contributed by atoms with E-state index < -0.39 is 0 Å². The van der Waals surface area contributed by atoms with Crippen LogP contribution in [0.15, 0.2) is 47.1 Å². The number of allylic oxidation sites excluding steroid dienone is 1. The molecule has 2 N–H and O–H groups in total. The van der Waals surface area contributed by atoms with Crippen LogP contribution in [0.3, 0.4) is 0 Å². The average Bonchev–Trinajstić information content (AvgIpc) is 3.30. The summed E-state index contributed by atoms with van der Waals surface area (Å²) in [7, 11) is 0. The lowest BCUT2D eigenvalue weighted by Crippen LogP contribution is -2.32. The normalized spacial score (nSPS) is 16.6. The molecule has 0 amide bonds. The monoisotopic (exact) mass is 407 g/mol. The van der Waals surface area contributed by atoms with Gasteiger partial charge in [-0.2, -0.15) is 0 Å². The van der Waals surface area contributed by atoms with Gasteiger partial charge in [0.25, 0.3) is 0 Å². The molecule has 1 aromatic carbocycles. The smallest absolute Gasteiger partial charge is 0.227 e. The van der Waals surface area contributed by atoms with E-state index in [4.69, 9.17) is 9.26 Å². The van der Waals surface area contributed by atoms with Crippen molar-refractivity contribution in [1.82, 2.24) is 20.4 Å². The fourth-order valence-corrected chi connectivity index (χ4v) is 3.79. The Hall–Kier alpha value is -3.26. The predicted molar refractivity (Wildman–Crippen MR) is 110 cm³/mol. The number of nitrogens with one attached hydrogen (secondary N) is 2. The summed E-state index contributed by atoms with van der Waals surface area (Å²) >= 11 is 0. The summed E-state index contributed by atoms with van der Waals surface area (Å²) in [6.07, 6.45) is 10.8. The molecule has 3 heterocycles. The summed E-state index contributed by atoms with van der Waals surface area (Å²) in [4.78, 5) is 9.07. The molecule has 7 nitrogen and oxygen atoms in total. The van der Waals surface area contributed by atoms with E-state index in [1.807, 2.05) is 12.3 Å². The number of hydrogen-bond acceptors (Lipinski definition) is 7. The summed E-state index contributed by atoms with van der Waals surface area (Å²) in [5, 5.41) is 10.2. The quantitative estimate of drug-likeness (QED) is 0.659. The fourth-order valence-electron chi connectivity index (χ4n) is 3.79. The molecule has 8 heteroatoms. The Labute approximate surface area is 173 Å². The molecule has 3 aromatic rings. The van der Waals surface area contributed by atoms with Crippen molar-refractivity contribution in [2.45, 2.75) is 31.8 Å². The molecular formula is C22H22FN5O2. The molecule has 1 saturated heterocycles. The van der Waals surface area contributed by atoms with Crippen molar-refractivity contribution >= 4 is 17.7 Å². The van der Waals surface area contributed by atoms with Crippen LogP contribution in [0.25, 0.3) is 17.2 Å². The summed E-state index contributed by atoms with van der Waals surface area (Å²) in [6.45, 7) is 2.00. The summed E-state index contributed by atoms with van der Waals surface area (Å²) in [5.41, 5.74) is 3.62. The van der Waals surface area contributed by atoms with Crippen LogP contribution in [0.5, 0.6) is 0 Å². The lowest BCUT2D eigenvalue weighted by molar-refractivity contribution is 0.0842. The molecule has 1 fully saturated rings. The van der Waals surface area contributed by atoms with E-state index in [0.717, 1.165) is 55.8 Å². The number of piperidine rings is 1. The zero-order valence-electron chi connectivity index (χ0n) is 16.4. The van der Waals surface area contributed by atoms with Gasteiger partial charge in [0.15, 0.2) is 0 Å². The first kappa shape index (κ1) is 18.7. The van der Waals surface area contributed by atoms with E-state index >= 15 is 0 Å². The highest BCUT2D eigenvalue weighted by molar-refractivity contribution is 5.69. The van der Waals surface area contributed by atoms with Crippen LogP contribution in [0, 0.1) is 5.82 Å². The predicted octanol–water partition coefficient (Wildman–Crippen LogP) is 4.07. The van der Waals surface area contributed by atoms with Gasteiger partial charge in [-0.1, -0.05) is 5.16 Å². The maximum atomic E-state index is 14.2. The molecule has 0 atom stereocenters. The minimum absolute atomic E-state index is 0.272. The summed E-state index contributed by atoms with van der Waals surface area (Å²) in [6, 6.07) is 4.73. The number of aromatic nitrogens is 3. The number of fused-ring (bicyclic) bond motifs is 1. The minimum atomic E-state index is -0.349. The minimum Gasteiger partial charge on any atom is -0.495 e. The van der Waals surface area contributed by atoms with Crippen molar-refractivity contribution in [3.63, 3.8) is 0 Å². The van der Waals surface area contributed by atoms with Crippen molar-refractivity contribution in [3.05, 3.63) is 59.7 Å². The van der Waals surface area contributed by atoms with Crippen molar-refractivity contribution in [2.24, 2.45) is 0 Å². The number of nitrogens with zero attached hydrogens (tertiary/aromatic N) is 3. The van der Waals surface area contributed by atoms with Crippen molar-refractivity contribution < 1.29 is 13.7 Å². The van der Waals surface area contributed by atoms with E-state index in [1.165, 1.54) is 18.5 Å². The SMILES string of the molecule is Fc1ccc(Nc2ncc3c(n2)C=C(OC2CCNCC2)CC3)cc1-c1cnoc1. The molecule has 0 spiro atoms. The van der Waals surface area contributed by atoms with Crippen LogP contribution < -0.4 is 10.6 Å². The number of ether oxygens (including phenoxy) is 1. The van der Waals surface area contributed by atoms with Gasteiger partial charge in [0.05, 0.1) is 17.6 Å². The topological polar surface area (TPSA) is 85.1 Å². The fraction of sp³-hybridized carbons (Fsp3) is 0.318. The van der Waals surface area contributed by atoms with Crippen molar-refractivity contribution in [2.75, 3.05) is 18.4 Å². The Morgan fingerprint density at radius 3 is 2.90 bits per heavy atom.